The van der Waals surface area contributed by atoms with Gasteiger partial charge in [-0.3, -0.25) is 0 Å². The predicted octanol–water partition coefficient (Wildman–Crippen LogP) is 29.0. The minimum Gasteiger partial charge on any atom is -0.344 e. The minimum atomic E-state index is 1.21. The number of para-hydroxylation sites is 13. The van der Waals surface area contributed by atoms with Gasteiger partial charge in [0.25, 0.3) is 0 Å². The van der Waals surface area contributed by atoms with Crippen LogP contribution in [0, 0.1) is 34.6 Å². The lowest BCUT2D eigenvalue weighted by Gasteiger charge is -2.08. The molecule has 0 N–H and O–H groups in total. The molecule has 6 heterocycles. The molecule has 0 saturated carbocycles. The van der Waals surface area contributed by atoms with E-state index >= 15 is 0 Å². The van der Waals surface area contributed by atoms with Crippen LogP contribution in [0.4, 0.5) is 0 Å². The number of aryl methyl sites for hydroxylation is 7. The summed E-state index contributed by atoms with van der Waals surface area (Å²) in [5.41, 5.74) is 26.8. The second-order valence-corrected chi connectivity index (χ2v) is 29.6. The molecule has 0 unspecified atom stereocenters. The van der Waals surface area contributed by atoms with Crippen LogP contribution in [0.3, 0.4) is 0 Å². The molecule has 17 aromatic carbocycles. The standard InChI is InChI=1S/4C19H15N.2C13H11N.C7H8/c1-14-8-7-12-17-16-11-5-6-13-18(16)20(19(14)17)15-9-3-2-4-10-15;1-14-8-7-13-18-19(14)16-11-5-6-12-17(16)20(18)15-9-3-2-4-10-15;1-14-11-12-19-17(13-14)16-9-5-6-10-18(16)20(19)15-7-3-2-4-8-15;1-14-11-12-17-16-9-5-6-10-18(16)20(19(17)13-14)15-7-3-2-4-8-15;2*1-14-12-8-4-2-6-10(12)11-7-3-5-9-13(11)14;1-7-5-3-2-4-6-7/h4*2-13H,1H3;2*2-9H,1H3;2-6H,1H3. The Morgan fingerprint density at radius 1 is 0.157 bits per heavy atom. The molecule has 6 heteroatoms. The average molecular weight is 1480 g/mol. The smallest absolute Gasteiger partial charge is 0.0570 e. The van der Waals surface area contributed by atoms with Gasteiger partial charge in [-0.25, -0.2) is 0 Å². The second kappa shape index (κ2) is 32.8. The van der Waals surface area contributed by atoms with Crippen LogP contribution in [0.15, 0.2) is 419 Å². The Morgan fingerprint density at radius 2 is 0.426 bits per heavy atom. The average Bonchev–Trinajstić information content (AvgIpc) is 1.63. The van der Waals surface area contributed by atoms with Crippen LogP contribution in [0.25, 0.3) is 154 Å². The number of hydrogen-bond donors (Lipinski definition) is 0. The molecule has 0 spiro atoms. The van der Waals surface area contributed by atoms with E-state index in [1.165, 1.54) is 181 Å². The van der Waals surface area contributed by atoms with E-state index in [4.69, 9.17) is 0 Å². The van der Waals surface area contributed by atoms with E-state index in [1.807, 2.05) is 18.2 Å². The molecule has 23 aromatic rings. The van der Waals surface area contributed by atoms with E-state index in [1.54, 1.807) is 0 Å². The first-order valence-corrected chi connectivity index (χ1v) is 39.6. The summed E-state index contributed by atoms with van der Waals surface area (Å²) in [6.07, 6.45) is 0. The van der Waals surface area contributed by atoms with Crippen molar-refractivity contribution in [1.82, 2.24) is 27.4 Å². The monoisotopic (exact) mass is 1480 g/mol. The summed E-state index contributed by atoms with van der Waals surface area (Å²) in [5.74, 6) is 0. The summed E-state index contributed by atoms with van der Waals surface area (Å²) in [7, 11) is 4.23. The molecule has 0 aliphatic rings. The highest BCUT2D eigenvalue weighted by molar-refractivity contribution is 6.14. The molecule has 0 amide bonds. The third-order valence-electron chi connectivity index (χ3n) is 22.1. The lowest BCUT2D eigenvalue weighted by Crippen LogP contribution is -1.94. The fourth-order valence-electron chi connectivity index (χ4n) is 16.7. The maximum atomic E-state index is 2.36. The number of benzene rings is 17. The van der Waals surface area contributed by atoms with Gasteiger partial charge in [0.2, 0.25) is 0 Å². The van der Waals surface area contributed by atoms with Crippen LogP contribution in [-0.2, 0) is 14.1 Å². The van der Waals surface area contributed by atoms with Crippen molar-refractivity contribution in [2.75, 3.05) is 0 Å². The molecular formula is C109H90N6. The van der Waals surface area contributed by atoms with Crippen LogP contribution >= 0.6 is 0 Å². The maximum Gasteiger partial charge on any atom is 0.0570 e. The summed E-state index contributed by atoms with van der Waals surface area (Å²) in [5, 5.41) is 15.9. The number of aromatic nitrogens is 6. The quantitative estimate of drug-likeness (QED) is 0.168. The fraction of sp³-hybridized carbons (Fsp3) is 0.0642. The highest BCUT2D eigenvalue weighted by Crippen LogP contribution is 2.38. The molecule has 0 fully saturated rings. The van der Waals surface area contributed by atoms with Crippen molar-refractivity contribution in [2.45, 2.75) is 34.6 Å². The van der Waals surface area contributed by atoms with Gasteiger partial charge in [0, 0.05) is 124 Å². The summed E-state index contributed by atoms with van der Waals surface area (Å²) in [4.78, 5) is 0. The number of rotatable bonds is 4. The molecule has 556 valence electrons. The van der Waals surface area contributed by atoms with Gasteiger partial charge in [0.05, 0.1) is 44.1 Å². The van der Waals surface area contributed by atoms with Gasteiger partial charge in [-0.1, -0.05) is 308 Å². The van der Waals surface area contributed by atoms with Crippen molar-refractivity contribution < 1.29 is 0 Å². The van der Waals surface area contributed by atoms with E-state index in [-0.39, 0.29) is 0 Å². The van der Waals surface area contributed by atoms with Gasteiger partial charge < -0.3 is 27.4 Å². The first-order valence-electron chi connectivity index (χ1n) is 39.6. The minimum absolute atomic E-state index is 1.21. The first-order chi connectivity index (χ1) is 56.6. The van der Waals surface area contributed by atoms with Gasteiger partial charge in [0.15, 0.2) is 0 Å². The van der Waals surface area contributed by atoms with Crippen molar-refractivity contribution in [3.05, 3.63) is 446 Å². The molecule has 23 rings (SSSR count). The molecule has 6 nitrogen and oxygen atoms in total. The highest BCUT2D eigenvalue weighted by atomic mass is 15.0. The van der Waals surface area contributed by atoms with Crippen LogP contribution in [0.2, 0.25) is 0 Å². The van der Waals surface area contributed by atoms with Crippen LogP contribution in [-0.4, -0.2) is 27.4 Å². The van der Waals surface area contributed by atoms with Crippen molar-refractivity contribution in [3.8, 4) is 22.7 Å². The Hall–Kier alpha value is -14.5. The lowest BCUT2D eigenvalue weighted by atomic mass is 10.1. The zero-order chi connectivity index (χ0) is 78.3. The van der Waals surface area contributed by atoms with E-state index < -0.39 is 0 Å². The molecular weight excluding hydrogens is 1390 g/mol. The van der Waals surface area contributed by atoms with E-state index in [0.29, 0.717) is 0 Å². The van der Waals surface area contributed by atoms with Crippen molar-refractivity contribution in [1.29, 1.82) is 0 Å². The Bertz CT molecular complexity index is 7050. The lowest BCUT2D eigenvalue weighted by molar-refractivity contribution is 1.01. The fourth-order valence-corrected chi connectivity index (χ4v) is 16.7. The molecule has 0 atom stereocenters. The summed E-state index contributed by atoms with van der Waals surface area (Å²) in [6.45, 7) is 10.7. The second-order valence-electron chi connectivity index (χ2n) is 29.6. The van der Waals surface area contributed by atoms with Crippen LogP contribution in [0.5, 0.6) is 0 Å². The predicted molar refractivity (Wildman–Crippen MR) is 494 cm³/mol. The number of nitrogens with zero attached hydrogens (tertiary/aromatic N) is 6. The largest absolute Gasteiger partial charge is 0.344 e. The Labute approximate surface area is 671 Å². The van der Waals surface area contributed by atoms with Gasteiger partial charge in [-0.05, 0) is 173 Å². The topological polar surface area (TPSA) is 29.6 Å². The van der Waals surface area contributed by atoms with Gasteiger partial charge in [-0.15, -0.1) is 0 Å². The van der Waals surface area contributed by atoms with Gasteiger partial charge in [-0.2, -0.15) is 0 Å². The summed E-state index contributed by atoms with van der Waals surface area (Å²) in [6, 6.07) is 147. The van der Waals surface area contributed by atoms with E-state index in [2.05, 4.69) is 476 Å². The molecule has 115 heavy (non-hydrogen) atoms. The summed E-state index contributed by atoms with van der Waals surface area (Å²) < 4.78 is 13.9. The Morgan fingerprint density at radius 3 is 0.861 bits per heavy atom. The number of hydrogen-bond acceptors (Lipinski definition) is 0. The molecule has 6 aromatic heterocycles. The molecule has 0 bridgehead atoms. The zero-order valence-corrected chi connectivity index (χ0v) is 66.0. The SMILES string of the molecule is Cc1ccc2c(c1)c1ccccc1n2-c1ccccc1.Cc1ccc2c3ccccc3n(-c3ccccc3)c2c1.Cc1cccc2c1c1ccccc1n2-c1ccccc1.Cc1cccc2c3ccccc3n(-c3ccccc3)c12.Cc1ccccc1.Cn1c2ccccc2c2ccccc21.Cn1c2ccccc2c2ccccc21. The van der Waals surface area contributed by atoms with Crippen molar-refractivity contribution in [3.63, 3.8) is 0 Å². The molecule has 0 saturated heterocycles. The summed E-state index contributed by atoms with van der Waals surface area (Å²) >= 11 is 0. The Balaban J connectivity index is 0.0000000983. The highest BCUT2D eigenvalue weighted by Gasteiger charge is 2.17. The Kier molecular flexibility index (Phi) is 20.9. The first kappa shape index (κ1) is 73.3. The van der Waals surface area contributed by atoms with Crippen molar-refractivity contribution in [2.24, 2.45) is 14.1 Å². The van der Waals surface area contributed by atoms with Crippen molar-refractivity contribution >= 4 is 131 Å². The van der Waals surface area contributed by atoms with Crippen LogP contribution in [0.1, 0.15) is 27.8 Å². The number of fused-ring (bicyclic) bond motifs is 18. The maximum absolute atomic E-state index is 2.36. The third-order valence-corrected chi connectivity index (χ3v) is 22.1. The zero-order valence-electron chi connectivity index (χ0n) is 66.0. The molecule has 0 radical (unpaired) electrons. The normalized spacial score (nSPS) is 11.1. The van der Waals surface area contributed by atoms with Gasteiger partial charge in [0.1, 0.15) is 0 Å². The van der Waals surface area contributed by atoms with Gasteiger partial charge >= 0.3 is 0 Å². The van der Waals surface area contributed by atoms with E-state index in [0.717, 1.165) is 0 Å². The van der Waals surface area contributed by atoms with Crippen LogP contribution < -0.4 is 0 Å². The third kappa shape index (κ3) is 14.5. The molecule has 0 aliphatic heterocycles. The molecule has 0 aliphatic carbocycles. The van der Waals surface area contributed by atoms with E-state index in [9.17, 15) is 0 Å².